The molecule has 0 radical (unpaired) electrons. The van der Waals surface area contributed by atoms with Gasteiger partial charge in [0.25, 0.3) is 5.91 Å². The molecule has 1 fully saturated rings. The summed E-state index contributed by atoms with van der Waals surface area (Å²) in [7, 11) is 0. The Hall–Kier alpha value is -1.86. The van der Waals surface area contributed by atoms with Crippen LogP contribution in [0.3, 0.4) is 0 Å². The van der Waals surface area contributed by atoms with Crippen LogP contribution in [0.2, 0.25) is 0 Å². The van der Waals surface area contributed by atoms with Gasteiger partial charge in [-0.15, -0.1) is 0 Å². The Bertz CT molecular complexity index is 465. The number of carbonyl (C=O) groups is 2. The van der Waals surface area contributed by atoms with Gasteiger partial charge in [0, 0.05) is 0 Å². The molecule has 2 rings (SSSR count). The number of rotatable bonds is 4. The van der Waals surface area contributed by atoms with Gasteiger partial charge in [-0.25, -0.2) is 4.79 Å². The Balaban J connectivity index is 1.69. The van der Waals surface area contributed by atoms with Gasteiger partial charge in [0.15, 0.2) is 6.54 Å². The first-order valence-corrected chi connectivity index (χ1v) is 7.12. The molecule has 0 bridgehead atoms. The molecular formula is C14H22N3O4+. The number of hydrogen-bond donors (Lipinski definition) is 3. The van der Waals surface area contributed by atoms with Crippen LogP contribution >= 0.6 is 0 Å². The fourth-order valence-electron chi connectivity index (χ4n) is 2.56. The third kappa shape index (κ3) is 5.20. The molecule has 1 aliphatic rings. The average Bonchev–Trinajstić information content (AvgIpc) is 2.87. The molecule has 3 N–H and O–H groups in total. The molecule has 2 heterocycles. The van der Waals surface area contributed by atoms with Crippen molar-refractivity contribution in [2.24, 2.45) is 0 Å². The van der Waals surface area contributed by atoms with Crippen molar-refractivity contribution < 1.29 is 23.6 Å². The van der Waals surface area contributed by atoms with Crippen LogP contribution in [0.4, 0.5) is 4.79 Å². The van der Waals surface area contributed by atoms with Crippen molar-refractivity contribution in [1.29, 1.82) is 0 Å². The third-order valence-electron chi connectivity index (χ3n) is 3.28. The minimum atomic E-state index is -0.509. The zero-order chi connectivity index (χ0) is 15.2. The van der Waals surface area contributed by atoms with Gasteiger partial charge in [0.2, 0.25) is 0 Å². The Morgan fingerprint density at radius 2 is 2.05 bits per heavy atom. The van der Waals surface area contributed by atoms with Crippen molar-refractivity contribution >= 4 is 11.9 Å². The summed E-state index contributed by atoms with van der Waals surface area (Å²) < 4.78 is 10.7. The minimum Gasteiger partial charge on any atom is -0.467 e. The quantitative estimate of drug-likeness (QED) is 0.686. The smallest absolute Gasteiger partial charge is 0.321 e. The van der Waals surface area contributed by atoms with Crippen LogP contribution in [0.25, 0.3) is 0 Å². The van der Waals surface area contributed by atoms with Crippen LogP contribution in [-0.4, -0.2) is 43.8 Å². The summed E-state index contributed by atoms with van der Waals surface area (Å²) in [6.07, 6.45) is 1.79. The molecule has 7 nitrogen and oxygen atoms in total. The number of quaternary nitrogens is 1. The van der Waals surface area contributed by atoms with Crippen LogP contribution in [0.5, 0.6) is 0 Å². The molecular weight excluding hydrogens is 274 g/mol. The van der Waals surface area contributed by atoms with Crippen molar-refractivity contribution in [3.05, 3.63) is 24.2 Å². The lowest BCUT2D eigenvalue weighted by atomic mass is 10.2. The number of furan rings is 1. The summed E-state index contributed by atoms with van der Waals surface area (Å²) in [5.41, 5.74) is 0. The highest BCUT2D eigenvalue weighted by Crippen LogP contribution is 1.98. The number of nitrogens with one attached hydrogen (secondary N) is 3. The molecule has 1 aromatic rings. The Morgan fingerprint density at radius 3 is 2.67 bits per heavy atom. The highest BCUT2D eigenvalue weighted by atomic mass is 16.5. The van der Waals surface area contributed by atoms with Crippen LogP contribution < -0.4 is 15.5 Å². The molecule has 0 spiro atoms. The average molecular weight is 296 g/mol. The van der Waals surface area contributed by atoms with E-state index < -0.39 is 6.03 Å². The summed E-state index contributed by atoms with van der Waals surface area (Å²) in [6.45, 7) is 6.04. The van der Waals surface area contributed by atoms with E-state index in [0.29, 0.717) is 5.76 Å². The topological polar surface area (TPSA) is 85.0 Å². The normalized spacial score (nSPS) is 25.3. The van der Waals surface area contributed by atoms with E-state index in [1.807, 2.05) is 13.8 Å². The molecule has 1 saturated heterocycles. The number of carbonyl (C=O) groups excluding carboxylic acids is 2. The van der Waals surface area contributed by atoms with E-state index >= 15 is 0 Å². The zero-order valence-corrected chi connectivity index (χ0v) is 12.3. The second-order valence-corrected chi connectivity index (χ2v) is 5.40. The number of hydrogen-bond acceptors (Lipinski definition) is 4. The van der Waals surface area contributed by atoms with E-state index in [0.717, 1.165) is 18.0 Å². The highest BCUT2D eigenvalue weighted by molar-refractivity contribution is 5.94. The molecule has 0 unspecified atom stereocenters. The van der Waals surface area contributed by atoms with E-state index in [4.69, 9.17) is 9.15 Å². The molecule has 0 aromatic carbocycles. The summed E-state index contributed by atoms with van der Waals surface area (Å²) >= 11 is 0. The summed E-state index contributed by atoms with van der Waals surface area (Å²) in [4.78, 5) is 24.6. The molecule has 116 valence electrons. The predicted molar refractivity (Wildman–Crippen MR) is 74.7 cm³/mol. The number of urea groups is 1. The predicted octanol–water partition coefficient (Wildman–Crippen LogP) is -0.702. The lowest BCUT2D eigenvalue weighted by Gasteiger charge is -2.31. The lowest BCUT2D eigenvalue weighted by molar-refractivity contribution is -0.907. The first-order valence-electron chi connectivity index (χ1n) is 7.12. The second kappa shape index (κ2) is 7.24. The molecule has 1 aromatic heterocycles. The maximum Gasteiger partial charge on any atom is 0.321 e. The molecule has 0 aliphatic carbocycles. The van der Waals surface area contributed by atoms with Gasteiger partial charge in [0.1, 0.15) is 31.1 Å². The van der Waals surface area contributed by atoms with E-state index in [2.05, 4.69) is 10.6 Å². The Kier molecular flexibility index (Phi) is 5.35. The first kappa shape index (κ1) is 15.5. The first-order chi connectivity index (χ1) is 10.0. The van der Waals surface area contributed by atoms with Crippen LogP contribution in [0, 0.1) is 0 Å². The van der Waals surface area contributed by atoms with Crippen molar-refractivity contribution in [1.82, 2.24) is 10.6 Å². The second-order valence-electron chi connectivity index (χ2n) is 5.40. The van der Waals surface area contributed by atoms with Crippen molar-refractivity contribution in [2.75, 3.05) is 19.6 Å². The Morgan fingerprint density at radius 1 is 1.33 bits per heavy atom. The van der Waals surface area contributed by atoms with Gasteiger partial charge >= 0.3 is 6.03 Å². The fourth-order valence-corrected chi connectivity index (χ4v) is 2.56. The number of ether oxygens (including phenoxy) is 1. The van der Waals surface area contributed by atoms with Crippen LogP contribution in [0.1, 0.15) is 19.6 Å². The molecule has 21 heavy (non-hydrogen) atoms. The molecule has 0 saturated carbocycles. The summed E-state index contributed by atoms with van der Waals surface area (Å²) in [5.74, 6) is 0.349. The van der Waals surface area contributed by atoms with Gasteiger partial charge in [-0.3, -0.25) is 10.1 Å². The molecule has 2 atom stereocenters. The van der Waals surface area contributed by atoms with Gasteiger partial charge < -0.3 is 19.4 Å². The Labute approximate surface area is 123 Å². The minimum absolute atomic E-state index is 0.129. The van der Waals surface area contributed by atoms with Gasteiger partial charge in [-0.1, -0.05) is 0 Å². The van der Waals surface area contributed by atoms with Crippen molar-refractivity contribution in [3.8, 4) is 0 Å². The van der Waals surface area contributed by atoms with E-state index in [1.54, 1.807) is 12.1 Å². The van der Waals surface area contributed by atoms with Gasteiger partial charge in [-0.05, 0) is 26.0 Å². The van der Waals surface area contributed by atoms with E-state index in [1.165, 1.54) is 6.26 Å². The maximum atomic E-state index is 11.8. The number of imide groups is 1. The number of amides is 3. The molecule has 7 heteroatoms. The van der Waals surface area contributed by atoms with Crippen LogP contribution in [-0.2, 0) is 16.1 Å². The van der Waals surface area contributed by atoms with Gasteiger partial charge in [-0.2, -0.15) is 0 Å². The summed E-state index contributed by atoms with van der Waals surface area (Å²) in [6, 6.07) is 2.98. The SMILES string of the molecule is C[C@@H]1C[NH+](CC(=O)NC(=O)NCc2ccco2)C[C@@H](C)O1. The molecule has 1 aliphatic heterocycles. The zero-order valence-electron chi connectivity index (χ0n) is 12.3. The molecule has 3 amide bonds. The summed E-state index contributed by atoms with van der Waals surface area (Å²) in [5, 5.41) is 4.90. The van der Waals surface area contributed by atoms with Crippen LogP contribution in [0.15, 0.2) is 22.8 Å². The standard InChI is InChI=1S/C14H21N3O4/c1-10-7-17(8-11(2)21-10)9-13(18)16-14(19)15-6-12-4-3-5-20-12/h3-5,10-11H,6-9H2,1-2H3,(H2,15,16,18,19)/p+1/t10-,11-/m1/s1. The lowest BCUT2D eigenvalue weighted by Crippen LogP contribution is -3.16. The largest absolute Gasteiger partial charge is 0.467 e. The van der Waals surface area contributed by atoms with Gasteiger partial charge in [0.05, 0.1) is 12.8 Å². The number of morpholine rings is 1. The third-order valence-corrected chi connectivity index (χ3v) is 3.28. The maximum absolute atomic E-state index is 11.8. The monoisotopic (exact) mass is 296 g/mol. The van der Waals surface area contributed by atoms with Crippen molar-refractivity contribution in [2.45, 2.75) is 32.6 Å². The van der Waals surface area contributed by atoms with Crippen molar-refractivity contribution in [3.63, 3.8) is 0 Å². The van der Waals surface area contributed by atoms with E-state index in [9.17, 15) is 9.59 Å². The highest BCUT2D eigenvalue weighted by Gasteiger charge is 2.27. The fraction of sp³-hybridized carbons (Fsp3) is 0.571. The van der Waals surface area contributed by atoms with E-state index in [-0.39, 0.29) is 31.2 Å².